The van der Waals surface area contributed by atoms with Crippen molar-refractivity contribution >= 4 is 40.6 Å². The second kappa shape index (κ2) is 7.94. The molecule has 0 atom stereocenters. The van der Waals surface area contributed by atoms with E-state index < -0.39 is 5.97 Å². The van der Waals surface area contributed by atoms with Crippen LogP contribution in [0.3, 0.4) is 0 Å². The molecule has 0 radical (unpaired) electrons. The van der Waals surface area contributed by atoms with E-state index in [0.717, 1.165) is 5.56 Å². The number of rotatable bonds is 4. The van der Waals surface area contributed by atoms with E-state index in [1.807, 2.05) is 31.2 Å². The lowest BCUT2D eigenvalue weighted by Gasteiger charge is -2.13. The minimum atomic E-state index is -0.427. The van der Waals surface area contributed by atoms with Crippen molar-refractivity contribution in [1.82, 2.24) is 5.32 Å². The van der Waals surface area contributed by atoms with Crippen LogP contribution < -0.4 is 10.6 Å². The van der Waals surface area contributed by atoms with E-state index in [9.17, 15) is 4.79 Å². The quantitative estimate of drug-likeness (QED) is 0.648. The van der Waals surface area contributed by atoms with Crippen LogP contribution in [-0.4, -0.2) is 18.2 Å². The molecule has 0 fully saturated rings. The molecule has 0 aliphatic heterocycles. The van der Waals surface area contributed by atoms with Crippen molar-refractivity contribution in [2.45, 2.75) is 13.5 Å². The van der Waals surface area contributed by atoms with Gasteiger partial charge in [0.1, 0.15) is 0 Å². The van der Waals surface area contributed by atoms with Gasteiger partial charge in [-0.25, -0.2) is 4.79 Å². The van der Waals surface area contributed by atoms with Gasteiger partial charge in [-0.1, -0.05) is 35.9 Å². The molecule has 2 rings (SSSR count). The average Bonchev–Trinajstić information content (AvgIpc) is 2.55. The Balaban J connectivity index is 2.02. The number of carbonyl (C=O) groups excluding carboxylic acids is 1. The molecule has 2 N–H and O–H groups in total. The van der Waals surface area contributed by atoms with Gasteiger partial charge in [0.15, 0.2) is 5.11 Å². The number of thiocarbonyl (C=S) groups is 1. The lowest BCUT2D eigenvalue weighted by Crippen LogP contribution is -2.28. The molecule has 0 heterocycles. The van der Waals surface area contributed by atoms with E-state index in [0.29, 0.717) is 27.9 Å². The number of halogens is 1. The molecule has 120 valence electrons. The SMILES string of the molecule is COC(=O)c1ccc(Cl)c(NC(=S)NCc2ccccc2C)c1. The third kappa shape index (κ3) is 4.68. The highest BCUT2D eigenvalue weighted by molar-refractivity contribution is 7.80. The van der Waals surface area contributed by atoms with Gasteiger partial charge in [-0.15, -0.1) is 0 Å². The summed E-state index contributed by atoms with van der Waals surface area (Å²) in [5, 5.41) is 7.02. The largest absolute Gasteiger partial charge is 0.465 e. The first-order chi connectivity index (χ1) is 11.0. The fraction of sp³-hybridized carbons (Fsp3) is 0.176. The molecular weight excluding hydrogens is 332 g/mol. The Hall–Kier alpha value is -2.11. The van der Waals surface area contributed by atoms with Crippen molar-refractivity contribution in [3.63, 3.8) is 0 Å². The molecule has 6 heteroatoms. The van der Waals surface area contributed by atoms with Crippen LogP contribution in [0.5, 0.6) is 0 Å². The molecule has 0 bridgehead atoms. The maximum atomic E-state index is 11.6. The summed E-state index contributed by atoms with van der Waals surface area (Å²) in [6.45, 7) is 2.65. The summed E-state index contributed by atoms with van der Waals surface area (Å²) in [5.41, 5.74) is 3.30. The zero-order valence-corrected chi connectivity index (χ0v) is 14.4. The molecule has 0 spiro atoms. The van der Waals surface area contributed by atoms with Gasteiger partial charge in [-0.2, -0.15) is 0 Å². The molecule has 0 amide bonds. The highest BCUT2D eigenvalue weighted by Gasteiger charge is 2.10. The van der Waals surface area contributed by atoms with Gasteiger partial charge in [0, 0.05) is 6.54 Å². The Kier molecular flexibility index (Phi) is 5.96. The number of esters is 1. The Morgan fingerprint density at radius 2 is 2.00 bits per heavy atom. The van der Waals surface area contributed by atoms with Crippen LogP contribution >= 0.6 is 23.8 Å². The maximum absolute atomic E-state index is 11.6. The number of anilines is 1. The molecule has 4 nitrogen and oxygen atoms in total. The fourth-order valence-corrected chi connectivity index (χ4v) is 2.36. The molecule has 0 aliphatic rings. The number of hydrogen-bond donors (Lipinski definition) is 2. The predicted molar refractivity (Wildman–Crippen MR) is 97.0 cm³/mol. The fourth-order valence-electron chi connectivity index (χ4n) is 2.02. The molecular formula is C17H17ClN2O2S. The first kappa shape index (κ1) is 17.2. The Morgan fingerprint density at radius 1 is 1.26 bits per heavy atom. The summed E-state index contributed by atoms with van der Waals surface area (Å²) in [5.74, 6) is -0.427. The maximum Gasteiger partial charge on any atom is 0.337 e. The van der Waals surface area contributed by atoms with E-state index in [2.05, 4.69) is 10.6 Å². The minimum absolute atomic E-state index is 0.404. The smallest absolute Gasteiger partial charge is 0.337 e. The zero-order valence-electron chi connectivity index (χ0n) is 12.9. The third-order valence-electron chi connectivity index (χ3n) is 3.34. The standard InChI is InChI=1S/C17H17ClN2O2S/c1-11-5-3-4-6-13(11)10-19-17(23)20-15-9-12(16(21)22-2)7-8-14(15)18/h3-9H,10H2,1-2H3,(H2,19,20,23). The molecule has 0 aliphatic carbocycles. The van der Waals surface area contributed by atoms with Crippen molar-refractivity contribution in [3.8, 4) is 0 Å². The van der Waals surface area contributed by atoms with Gasteiger partial charge in [-0.3, -0.25) is 0 Å². The molecule has 23 heavy (non-hydrogen) atoms. The topological polar surface area (TPSA) is 50.4 Å². The molecule has 0 saturated carbocycles. The summed E-state index contributed by atoms with van der Waals surface area (Å²) in [6, 6.07) is 12.9. The van der Waals surface area contributed by atoms with Crippen LogP contribution in [0.1, 0.15) is 21.5 Å². The van der Waals surface area contributed by atoms with Crippen LogP contribution in [0.15, 0.2) is 42.5 Å². The zero-order chi connectivity index (χ0) is 16.8. The number of aryl methyl sites for hydroxylation is 1. The van der Waals surface area contributed by atoms with E-state index in [-0.39, 0.29) is 0 Å². The third-order valence-corrected chi connectivity index (χ3v) is 3.91. The summed E-state index contributed by atoms with van der Waals surface area (Å²) in [6.07, 6.45) is 0. The van der Waals surface area contributed by atoms with Crippen LogP contribution in [0, 0.1) is 6.92 Å². The molecule has 2 aromatic carbocycles. The number of nitrogens with one attached hydrogen (secondary N) is 2. The van der Waals surface area contributed by atoms with Crippen LogP contribution in [0.25, 0.3) is 0 Å². The molecule has 0 saturated heterocycles. The molecule has 0 unspecified atom stereocenters. The first-order valence-corrected chi connectivity index (χ1v) is 7.77. The van der Waals surface area contributed by atoms with Gasteiger partial charge in [0.05, 0.1) is 23.4 Å². The van der Waals surface area contributed by atoms with Crippen molar-refractivity contribution in [1.29, 1.82) is 0 Å². The Morgan fingerprint density at radius 3 is 2.70 bits per heavy atom. The van der Waals surface area contributed by atoms with E-state index in [4.69, 9.17) is 28.6 Å². The minimum Gasteiger partial charge on any atom is -0.465 e. The first-order valence-electron chi connectivity index (χ1n) is 6.98. The van der Waals surface area contributed by atoms with Crippen molar-refractivity contribution in [2.24, 2.45) is 0 Å². The number of hydrogen-bond acceptors (Lipinski definition) is 3. The van der Waals surface area contributed by atoms with E-state index in [1.54, 1.807) is 18.2 Å². The van der Waals surface area contributed by atoms with Crippen LogP contribution in [-0.2, 0) is 11.3 Å². The summed E-state index contributed by atoms with van der Waals surface area (Å²) in [4.78, 5) is 11.6. The van der Waals surface area contributed by atoms with Gasteiger partial charge in [0.2, 0.25) is 0 Å². The highest BCUT2D eigenvalue weighted by Crippen LogP contribution is 2.23. The highest BCUT2D eigenvalue weighted by atomic mass is 35.5. The second-order valence-corrected chi connectivity index (χ2v) is 5.74. The number of benzene rings is 2. The van der Waals surface area contributed by atoms with Crippen molar-refractivity contribution in [3.05, 3.63) is 64.2 Å². The number of carbonyl (C=O) groups is 1. The normalized spacial score (nSPS) is 10.0. The molecule has 2 aromatic rings. The average molecular weight is 349 g/mol. The van der Waals surface area contributed by atoms with Gasteiger partial charge < -0.3 is 15.4 Å². The lowest BCUT2D eigenvalue weighted by molar-refractivity contribution is 0.0601. The predicted octanol–water partition coefficient (Wildman–Crippen LogP) is 3.92. The van der Waals surface area contributed by atoms with Crippen LogP contribution in [0.4, 0.5) is 5.69 Å². The van der Waals surface area contributed by atoms with Crippen LogP contribution in [0.2, 0.25) is 5.02 Å². The summed E-state index contributed by atoms with van der Waals surface area (Å²) in [7, 11) is 1.33. The van der Waals surface area contributed by atoms with Crippen molar-refractivity contribution in [2.75, 3.05) is 12.4 Å². The van der Waals surface area contributed by atoms with Gasteiger partial charge >= 0.3 is 5.97 Å². The lowest BCUT2D eigenvalue weighted by atomic mass is 10.1. The number of ether oxygens (including phenoxy) is 1. The van der Waals surface area contributed by atoms with E-state index >= 15 is 0 Å². The monoisotopic (exact) mass is 348 g/mol. The Labute approximate surface area is 145 Å². The van der Waals surface area contributed by atoms with E-state index in [1.165, 1.54) is 12.7 Å². The van der Waals surface area contributed by atoms with Crippen molar-refractivity contribution < 1.29 is 9.53 Å². The summed E-state index contributed by atoms with van der Waals surface area (Å²) >= 11 is 11.4. The van der Waals surface area contributed by atoms with Gasteiger partial charge in [0.25, 0.3) is 0 Å². The molecule has 0 aromatic heterocycles. The number of methoxy groups -OCH3 is 1. The van der Waals surface area contributed by atoms with Gasteiger partial charge in [-0.05, 0) is 48.5 Å². The Bertz CT molecular complexity index is 734. The summed E-state index contributed by atoms with van der Waals surface area (Å²) < 4.78 is 4.70. The second-order valence-electron chi connectivity index (χ2n) is 4.92.